The largest absolute Gasteiger partial charge is 0.279 e. The third kappa shape index (κ3) is 2.46. The summed E-state index contributed by atoms with van der Waals surface area (Å²) >= 11 is 5.85. The van der Waals surface area contributed by atoms with Crippen LogP contribution in [0.4, 0.5) is 0 Å². The summed E-state index contributed by atoms with van der Waals surface area (Å²) in [6, 6.07) is -0.0558. The minimum absolute atomic E-state index is 0.0558. The molecule has 0 spiro atoms. The summed E-state index contributed by atoms with van der Waals surface area (Å²) in [5, 5.41) is 4.06. The van der Waals surface area contributed by atoms with Gasteiger partial charge >= 0.3 is 0 Å². The van der Waals surface area contributed by atoms with Crippen molar-refractivity contribution < 1.29 is 8.42 Å². The van der Waals surface area contributed by atoms with E-state index in [2.05, 4.69) is 5.10 Å². The second-order valence-electron chi connectivity index (χ2n) is 3.34. The Morgan fingerprint density at radius 2 is 2.07 bits per heavy atom. The molecule has 0 bridgehead atoms. The predicted octanol–water partition coefficient (Wildman–Crippen LogP) is 2.74. The van der Waals surface area contributed by atoms with Gasteiger partial charge in [0.2, 0.25) is 0 Å². The van der Waals surface area contributed by atoms with Crippen molar-refractivity contribution in [3.63, 3.8) is 0 Å². The van der Waals surface area contributed by atoms with Crippen molar-refractivity contribution in [2.75, 3.05) is 0 Å². The molecule has 0 amide bonds. The van der Waals surface area contributed by atoms with Crippen molar-refractivity contribution in [1.82, 2.24) is 9.78 Å². The average Bonchev–Trinajstić information content (AvgIpc) is 2.41. The van der Waals surface area contributed by atoms with Crippen LogP contribution in [0.2, 0.25) is 5.02 Å². The maximum Gasteiger partial charge on any atom is 0.279 e. The molecule has 0 aromatic carbocycles. The Hall–Kier alpha value is -0.260. The van der Waals surface area contributed by atoms with Crippen molar-refractivity contribution in [2.45, 2.75) is 38.3 Å². The maximum atomic E-state index is 11.3. The van der Waals surface area contributed by atoms with Gasteiger partial charge < -0.3 is 0 Å². The third-order valence-electron chi connectivity index (χ3n) is 2.21. The molecule has 1 heterocycles. The molecule has 1 aromatic heterocycles. The van der Waals surface area contributed by atoms with E-state index >= 15 is 0 Å². The van der Waals surface area contributed by atoms with Gasteiger partial charge in [0, 0.05) is 10.7 Å². The monoisotopic (exact) mass is 270 g/mol. The number of halogens is 2. The fourth-order valence-electron chi connectivity index (χ4n) is 1.20. The molecule has 0 unspecified atom stereocenters. The summed E-state index contributed by atoms with van der Waals surface area (Å²) in [6.07, 6.45) is 0.747. The number of aryl methyl sites for hydroxylation is 1. The molecule has 0 saturated carbocycles. The van der Waals surface area contributed by atoms with Crippen LogP contribution in [-0.4, -0.2) is 18.2 Å². The number of nitrogens with zero attached hydrogens (tertiary/aromatic N) is 2. The molecule has 0 N–H and O–H groups in total. The van der Waals surface area contributed by atoms with Crippen LogP contribution in [-0.2, 0) is 9.05 Å². The van der Waals surface area contributed by atoms with E-state index in [0.717, 1.165) is 6.42 Å². The average molecular weight is 271 g/mol. The third-order valence-corrected chi connectivity index (χ3v) is 4.07. The minimum atomic E-state index is -3.86. The van der Waals surface area contributed by atoms with E-state index in [9.17, 15) is 8.42 Å². The van der Waals surface area contributed by atoms with Crippen LogP contribution < -0.4 is 0 Å². The van der Waals surface area contributed by atoms with Crippen LogP contribution in [0, 0.1) is 6.92 Å². The first kappa shape index (κ1) is 12.8. The van der Waals surface area contributed by atoms with Crippen molar-refractivity contribution in [3.8, 4) is 0 Å². The first-order chi connectivity index (χ1) is 6.79. The second kappa shape index (κ2) is 4.31. The van der Waals surface area contributed by atoms with Gasteiger partial charge in [-0.05, 0) is 20.3 Å². The number of hydrogen-bond donors (Lipinski definition) is 0. The van der Waals surface area contributed by atoms with Gasteiger partial charge in [0.1, 0.15) is 5.02 Å². The number of hydrogen-bond acceptors (Lipinski definition) is 3. The molecule has 86 valence electrons. The zero-order valence-corrected chi connectivity index (χ0v) is 11.0. The Balaban J connectivity index is 3.48. The van der Waals surface area contributed by atoms with Gasteiger partial charge in [-0.25, -0.2) is 13.1 Å². The molecular formula is C8H12Cl2N2O2S. The van der Waals surface area contributed by atoms with Gasteiger partial charge in [0.15, 0.2) is 5.03 Å². The molecule has 0 aliphatic heterocycles. The van der Waals surface area contributed by atoms with Crippen LogP contribution >= 0.6 is 22.3 Å². The molecule has 7 heteroatoms. The van der Waals surface area contributed by atoms with Crippen molar-refractivity contribution in [2.24, 2.45) is 0 Å². The quantitative estimate of drug-likeness (QED) is 0.794. The zero-order valence-electron chi connectivity index (χ0n) is 8.66. The molecule has 0 saturated heterocycles. The highest BCUT2D eigenvalue weighted by Gasteiger charge is 2.26. The van der Waals surface area contributed by atoms with Crippen molar-refractivity contribution in [1.29, 1.82) is 0 Å². The normalized spacial score (nSPS) is 14.2. The first-order valence-electron chi connectivity index (χ1n) is 4.48. The smallest absolute Gasteiger partial charge is 0.249 e. The van der Waals surface area contributed by atoms with Crippen LogP contribution in [0.3, 0.4) is 0 Å². The van der Waals surface area contributed by atoms with Crippen LogP contribution in [0.15, 0.2) is 5.03 Å². The van der Waals surface area contributed by atoms with Gasteiger partial charge in [-0.3, -0.25) is 0 Å². The summed E-state index contributed by atoms with van der Waals surface area (Å²) in [5.74, 6) is 0. The molecule has 15 heavy (non-hydrogen) atoms. The van der Waals surface area contributed by atoms with Gasteiger partial charge in [-0.15, -0.1) is 0 Å². The Morgan fingerprint density at radius 1 is 1.53 bits per heavy atom. The molecule has 1 rings (SSSR count). The minimum Gasteiger partial charge on any atom is -0.249 e. The first-order valence-corrected chi connectivity index (χ1v) is 7.17. The summed E-state index contributed by atoms with van der Waals surface area (Å²) < 4.78 is 24.0. The van der Waals surface area contributed by atoms with Crippen LogP contribution in [0.25, 0.3) is 0 Å². The Morgan fingerprint density at radius 3 is 2.47 bits per heavy atom. The molecule has 0 fully saturated rings. The molecule has 4 nitrogen and oxygen atoms in total. The Labute approximate surface area is 98.6 Å². The molecule has 1 atom stereocenters. The lowest BCUT2D eigenvalue weighted by Gasteiger charge is -2.11. The van der Waals surface area contributed by atoms with Crippen molar-refractivity contribution in [3.05, 3.63) is 10.7 Å². The number of rotatable bonds is 3. The molecule has 0 radical (unpaired) electrons. The van der Waals surface area contributed by atoms with E-state index in [1.54, 1.807) is 6.92 Å². The van der Waals surface area contributed by atoms with Crippen LogP contribution in [0.1, 0.15) is 32.0 Å². The molecule has 0 aliphatic rings. The van der Waals surface area contributed by atoms with Gasteiger partial charge in [-0.1, -0.05) is 18.5 Å². The van der Waals surface area contributed by atoms with E-state index in [-0.39, 0.29) is 16.1 Å². The van der Waals surface area contributed by atoms with E-state index in [1.807, 2.05) is 13.8 Å². The highest BCUT2D eigenvalue weighted by molar-refractivity contribution is 8.13. The van der Waals surface area contributed by atoms with Gasteiger partial charge in [0.25, 0.3) is 9.05 Å². The van der Waals surface area contributed by atoms with Gasteiger partial charge in [-0.2, -0.15) is 5.10 Å². The summed E-state index contributed by atoms with van der Waals surface area (Å²) in [4.78, 5) is 0. The lowest BCUT2D eigenvalue weighted by atomic mass is 10.3. The lowest BCUT2D eigenvalue weighted by molar-refractivity contribution is 0.437. The van der Waals surface area contributed by atoms with Crippen LogP contribution in [0.5, 0.6) is 0 Å². The standard InChI is InChI=1S/C8H12Cl2N2O2S/c1-4-5(2)12-8(15(10,13)14)7(9)6(3)11-12/h5H,4H2,1-3H3/t5-/m1/s1. The molecule has 0 aliphatic carbocycles. The fraction of sp³-hybridized carbons (Fsp3) is 0.625. The zero-order chi connectivity index (χ0) is 11.8. The summed E-state index contributed by atoms with van der Waals surface area (Å²) in [5.41, 5.74) is 0.469. The van der Waals surface area contributed by atoms with Gasteiger partial charge in [0.05, 0.1) is 11.7 Å². The fourth-order valence-corrected chi connectivity index (χ4v) is 2.99. The Kier molecular flexibility index (Phi) is 3.68. The predicted molar refractivity (Wildman–Crippen MR) is 60.0 cm³/mol. The van der Waals surface area contributed by atoms with Crippen molar-refractivity contribution >= 4 is 31.3 Å². The van der Waals surface area contributed by atoms with E-state index in [0.29, 0.717) is 5.69 Å². The topological polar surface area (TPSA) is 52.0 Å². The maximum absolute atomic E-state index is 11.3. The lowest BCUT2D eigenvalue weighted by Crippen LogP contribution is -2.11. The SMILES string of the molecule is CC[C@@H](C)n1nc(C)c(Cl)c1S(=O)(=O)Cl. The summed E-state index contributed by atoms with van der Waals surface area (Å²) in [7, 11) is 1.45. The molecular weight excluding hydrogens is 259 g/mol. The Bertz CT molecular complexity index is 467. The van der Waals surface area contributed by atoms with E-state index in [4.69, 9.17) is 22.3 Å². The second-order valence-corrected chi connectivity index (χ2v) is 6.20. The van der Waals surface area contributed by atoms with E-state index in [1.165, 1.54) is 4.68 Å². The summed E-state index contributed by atoms with van der Waals surface area (Å²) in [6.45, 7) is 5.43. The highest BCUT2D eigenvalue weighted by Crippen LogP contribution is 2.30. The molecule has 1 aromatic rings. The van der Waals surface area contributed by atoms with E-state index < -0.39 is 9.05 Å². The highest BCUT2D eigenvalue weighted by atomic mass is 35.7. The number of aromatic nitrogens is 2.